The molecule has 2 rings (SSSR count). The van der Waals surface area contributed by atoms with Gasteiger partial charge in [0, 0.05) is 18.6 Å². The summed E-state index contributed by atoms with van der Waals surface area (Å²) in [5, 5.41) is 0. The molecule has 0 unspecified atom stereocenters. The number of nitrogens with two attached hydrogens (primary N) is 1. The lowest BCUT2D eigenvalue weighted by Gasteiger charge is -2.50. The van der Waals surface area contributed by atoms with Crippen molar-refractivity contribution in [2.45, 2.75) is 38.6 Å². The first-order valence-electron chi connectivity index (χ1n) is 6.11. The Bertz CT molecular complexity index is 218. The second-order valence-electron chi connectivity index (χ2n) is 5.84. The quantitative estimate of drug-likeness (QED) is 0.764. The lowest BCUT2D eigenvalue weighted by Crippen LogP contribution is -2.58. The summed E-state index contributed by atoms with van der Waals surface area (Å²) in [6.07, 6.45) is 4.00. The topological polar surface area (TPSA) is 38.5 Å². The van der Waals surface area contributed by atoms with E-state index in [9.17, 15) is 0 Å². The largest absolute Gasteiger partial charge is 0.378 e. The van der Waals surface area contributed by atoms with Gasteiger partial charge in [-0.25, -0.2) is 0 Å². The monoisotopic (exact) mass is 212 g/mol. The lowest BCUT2D eigenvalue weighted by atomic mass is 9.68. The average Bonchev–Trinajstić information content (AvgIpc) is 2.13. The Kier molecular flexibility index (Phi) is 3.06. The second-order valence-corrected chi connectivity index (χ2v) is 5.84. The van der Waals surface area contributed by atoms with E-state index < -0.39 is 0 Å². The van der Waals surface area contributed by atoms with E-state index in [-0.39, 0.29) is 5.54 Å². The third-order valence-electron chi connectivity index (χ3n) is 4.19. The van der Waals surface area contributed by atoms with Crippen molar-refractivity contribution >= 4 is 0 Å². The SMILES string of the molecule is CC1(C)COCCN1CC1(CN)CCC1. The molecule has 1 saturated carbocycles. The minimum absolute atomic E-state index is 0.190. The molecule has 1 heterocycles. The van der Waals surface area contributed by atoms with E-state index >= 15 is 0 Å². The maximum atomic E-state index is 5.92. The van der Waals surface area contributed by atoms with E-state index in [4.69, 9.17) is 10.5 Å². The fraction of sp³-hybridized carbons (Fsp3) is 1.00. The molecule has 0 amide bonds. The molecule has 0 aromatic heterocycles. The standard InChI is InChI=1S/C12H24N2O/c1-11(2)10-15-7-6-14(11)9-12(8-13)4-3-5-12/h3-10,13H2,1-2H3. The third kappa shape index (κ3) is 2.19. The van der Waals surface area contributed by atoms with Crippen molar-refractivity contribution in [3.63, 3.8) is 0 Å². The molecular weight excluding hydrogens is 188 g/mol. The van der Waals surface area contributed by atoms with Crippen molar-refractivity contribution in [3.8, 4) is 0 Å². The summed E-state index contributed by atoms with van der Waals surface area (Å²) in [4.78, 5) is 2.57. The molecule has 1 aliphatic heterocycles. The van der Waals surface area contributed by atoms with Crippen LogP contribution in [0.15, 0.2) is 0 Å². The molecule has 0 bridgehead atoms. The van der Waals surface area contributed by atoms with Crippen molar-refractivity contribution in [2.75, 3.05) is 32.8 Å². The summed E-state index contributed by atoms with van der Waals surface area (Å²) in [6, 6.07) is 0. The summed E-state index contributed by atoms with van der Waals surface area (Å²) < 4.78 is 5.54. The zero-order valence-corrected chi connectivity index (χ0v) is 10.1. The van der Waals surface area contributed by atoms with Crippen LogP contribution in [0.5, 0.6) is 0 Å². The van der Waals surface area contributed by atoms with Crippen LogP contribution in [0.1, 0.15) is 33.1 Å². The summed E-state index contributed by atoms with van der Waals surface area (Å²) >= 11 is 0. The van der Waals surface area contributed by atoms with Crippen molar-refractivity contribution in [2.24, 2.45) is 11.1 Å². The Labute approximate surface area is 93.0 Å². The van der Waals surface area contributed by atoms with Crippen LogP contribution in [-0.2, 0) is 4.74 Å². The maximum Gasteiger partial charge on any atom is 0.0645 e. The molecule has 2 N–H and O–H groups in total. The minimum Gasteiger partial charge on any atom is -0.378 e. The number of morpholine rings is 1. The molecule has 2 aliphatic rings. The summed E-state index contributed by atoms with van der Waals surface area (Å²) in [5.74, 6) is 0. The molecule has 0 spiro atoms. The first kappa shape index (κ1) is 11.4. The van der Waals surface area contributed by atoms with E-state index in [1.165, 1.54) is 25.8 Å². The van der Waals surface area contributed by atoms with E-state index in [1.54, 1.807) is 0 Å². The Hall–Kier alpha value is -0.120. The maximum absolute atomic E-state index is 5.92. The highest BCUT2D eigenvalue weighted by atomic mass is 16.5. The van der Waals surface area contributed by atoms with Gasteiger partial charge >= 0.3 is 0 Å². The minimum atomic E-state index is 0.190. The van der Waals surface area contributed by atoms with Crippen LogP contribution in [0.3, 0.4) is 0 Å². The molecule has 3 heteroatoms. The van der Waals surface area contributed by atoms with E-state index in [0.29, 0.717) is 5.41 Å². The Morgan fingerprint density at radius 3 is 2.53 bits per heavy atom. The molecule has 15 heavy (non-hydrogen) atoms. The van der Waals surface area contributed by atoms with Gasteiger partial charge in [0.25, 0.3) is 0 Å². The van der Waals surface area contributed by atoms with Crippen LogP contribution in [0.4, 0.5) is 0 Å². The van der Waals surface area contributed by atoms with Crippen molar-refractivity contribution in [1.82, 2.24) is 4.90 Å². The van der Waals surface area contributed by atoms with Gasteiger partial charge in [0.2, 0.25) is 0 Å². The Morgan fingerprint density at radius 1 is 1.33 bits per heavy atom. The number of nitrogens with zero attached hydrogens (tertiary/aromatic N) is 1. The molecule has 1 saturated heterocycles. The molecule has 88 valence electrons. The molecule has 2 fully saturated rings. The molecule has 1 aliphatic carbocycles. The number of ether oxygens (including phenoxy) is 1. The van der Waals surface area contributed by atoms with E-state index in [1.807, 2.05) is 0 Å². The fourth-order valence-corrected chi connectivity index (χ4v) is 2.69. The Morgan fingerprint density at radius 2 is 2.07 bits per heavy atom. The highest BCUT2D eigenvalue weighted by Gasteiger charge is 2.41. The predicted molar refractivity (Wildman–Crippen MR) is 61.8 cm³/mol. The van der Waals surface area contributed by atoms with Gasteiger partial charge in [-0.3, -0.25) is 4.90 Å². The summed E-state index contributed by atoms with van der Waals surface area (Å²) in [6.45, 7) is 9.36. The highest BCUT2D eigenvalue weighted by Crippen LogP contribution is 2.41. The summed E-state index contributed by atoms with van der Waals surface area (Å²) in [5.41, 5.74) is 6.53. The highest BCUT2D eigenvalue weighted by molar-refractivity contribution is 4.95. The van der Waals surface area contributed by atoms with Gasteiger partial charge < -0.3 is 10.5 Å². The normalized spacial score (nSPS) is 29.8. The number of hydrogen-bond acceptors (Lipinski definition) is 3. The van der Waals surface area contributed by atoms with Crippen LogP contribution in [-0.4, -0.2) is 43.3 Å². The van der Waals surface area contributed by atoms with Gasteiger partial charge in [0.1, 0.15) is 0 Å². The van der Waals surface area contributed by atoms with Gasteiger partial charge in [-0.2, -0.15) is 0 Å². The number of hydrogen-bond donors (Lipinski definition) is 1. The molecule has 0 atom stereocenters. The fourth-order valence-electron chi connectivity index (χ4n) is 2.69. The van der Waals surface area contributed by atoms with Gasteiger partial charge in [-0.15, -0.1) is 0 Å². The molecule has 0 radical (unpaired) electrons. The first-order valence-corrected chi connectivity index (χ1v) is 6.11. The van der Waals surface area contributed by atoms with Gasteiger partial charge in [0.05, 0.1) is 13.2 Å². The van der Waals surface area contributed by atoms with Crippen molar-refractivity contribution < 1.29 is 4.74 Å². The Balaban J connectivity index is 1.97. The first-order chi connectivity index (χ1) is 7.08. The van der Waals surface area contributed by atoms with Crippen LogP contribution in [0, 0.1) is 5.41 Å². The summed E-state index contributed by atoms with van der Waals surface area (Å²) in [7, 11) is 0. The van der Waals surface area contributed by atoms with Crippen LogP contribution >= 0.6 is 0 Å². The van der Waals surface area contributed by atoms with Gasteiger partial charge in [-0.1, -0.05) is 6.42 Å². The third-order valence-corrected chi connectivity index (χ3v) is 4.19. The zero-order valence-electron chi connectivity index (χ0n) is 10.1. The molecular formula is C12H24N2O. The second kappa shape index (κ2) is 4.04. The number of rotatable bonds is 3. The zero-order chi connectivity index (χ0) is 10.9. The molecule has 0 aromatic rings. The predicted octanol–water partition coefficient (Wildman–Crippen LogP) is 1.23. The van der Waals surface area contributed by atoms with Crippen LogP contribution in [0.2, 0.25) is 0 Å². The van der Waals surface area contributed by atoms with Gasteiger partial charge in [0.15, 0.2) is 0 Å². The lowest BCUT2D eigenvalue weighted by molar-refractivity contribution is -0.0780. The van der Waals surface area contributed by atoms with Crippen molar-refractivity contribution in [3.05, 3.63) is 0 Å². The molecule has 0 aromatic carbocycles. The van der Waals surface area contributed by atoms with Crippen LogP contribution in [0.25, 0.3) is 0 Å². The molecule has 3 nitrogen and oxygen atoms in total. The smallest absolute Gasteiger partial charge is 0.0645 e. The van der Waals surface area contributed by atoms with Crippen molar-refractivity contribution in [1.29, 1.82) is 0 Å². The van der Waals surface area contributed by atoms with Gasteiger partial charge in [-0.05, 0) is 38.6 Å². The van der Waals surface area contributed by atoms with Crippen LogP contribution < -0.4 is 5.73 Å². The average molecular weight is 212 g/mol. The van der Waals surface area contributed by atoms with E-state index in [0.717, 1.165) is 26.3 Å². The van der Waals surface area contributed by atoms with E-state index in [2.05, 4.69) is 18.7 Å².